The van der Waals surface area contributed by atoms with Gasteiger partial charge in [-0.05, 0) is 63.8 Å². The molecule has 4 nitrogen and oxygen atoms in total. The molecule has 2 heterocycles. The van der Waals surface area contributed by atoms with Crippen LogP contribution in [0.3, 0.4) is 0 Å². The number of carbonyl (C=O) groups is 1. The first kappa shape index (κ1) is 18.2. The van der Waals surface area contributed by atoms with Crippen LogP contribution in [0.25, 0.3) is 10.9 Å². The average molecular weight is 380 g/mol. The van der Waals surface area contributed by atoms with Crippen molar-refractivity contribution in [1.82, 2.24) is 14.8 Å². The lowest BCUT2D eigenvalue weighted by atomic mass is 9.72. The number of rotatable bonds is 3. The summed E-state index contributed by atoms with van der Waals surface area (Å²) in [5.74, 6) is 0.850. The van der Waals surface area contributed by atoms with E-state index in [2.05, 4.69) is 60.1 Å². The van der Waals surface area contributed by atoms with E-state index in [1.807, 2.05) is 0 Å². The Balaban J connectivity index is 1.46. The fraction of sp³-hybridized carbons (Fsp3) is 0.625. The van der Waals surface area contributed by atoms with Crippen molar-refractivity contribution >= 4 is 16.8 Å². The maximum atomic E-state index is 13.0. The molecule has 1 amide bonds. The van der Waals surface area contributed by atoms with Crippen LogP contribution < -0.4 is 5.32 Å². The molecule has 150 valence electrons. The first-order valence-corrected chi connectivity index (χ1v) is 11.2. The van der Waals surface area contributed by atoms with Crippen molar-refractivity contribution in [2.75, 3.05) is 13.6 Å². The number of aromatic nitrogens is 1. The lowest BCUT2D eigenvalue weighted by Crippen LogP contribution is -2.52. The number of likely N-dealkylation sites (N-methyl/N-ethyl adjacent to an activating group) is 1. The Bertz CT molecular complexity index is 893. The fourth-order valence-corrected chi connectivity index (χ4v) is 6.08. The molecular formula is C24H33N3O. The van der Waals surface area contributed by atoms with Gasteiger partial charge in [0.05, 0.1) is 5.92 Å². The van der Waals surface area contributed by atoms with Crippen LogP contribution in [-0.4, -0.2) is 41.1 Å². The van der Waals surface area contributed by atoms with Gasteiger partial charge in [-0.2, -0.15) is 0 Å². The topological polar surface area (TPSA) is 37.3 Å². The SMILES string of the molecule is CC(C)n1cc2c3c(cccc31)[C@H]1C[C@@H](C(=O)NC3CCCC3)CN(C)[C@@H]1C2. The molecule has 5 rings (SSSR count). The summed E-state index contributed by atoms with van der Waals surface area (Å²) in [6.45, 7) is 5.41. The van der Waals surface area contributed by atoms with Gasteiger partial charge in [0.2, 0.25) is 5.91 Å². The zero-order valence-electron chi connectivity index (χ0n) is 17.4. The van der Waals surface area contributed by atoms with Crippen LogP contribution in [0, 0.1) is 5.92 Å². The van der Waals surface area contributed by atoms with Crippen LogP contribution in [0.1, 0.15) is 69.0 Å². The van der Waals surface area contributed by atoms with Gasteiger partial charge in [-0.1, -0.05) is 25.0 Å². The molecule has 0 radical (unpaired) electrons. The van der Waals surface area contributed by atoms with Crippen LogP contribution in [-0.2, 0) is 11.2 Å². The molecule has 3 aliphatic rings. The zero-order chi connectivity index (χ0) is 19.4. The van der Waals surface area contributed by atoms with Gasteiger partial charge in [0.15, 0.2) is 0 Å². The molecule has 3 atom stereocenters. The minimum Gasteiger partial charge on any atom is -0.353 e. The number of benzene rings is 1. The number of hydrogen-bond acceptors (Lipinski definition) is 2. The number of hydrogen-bond donors (Lipinski definition) is 1. The average Bonchev–Trinajstić information content (AvgIpc) is 3.31. The number of fused-ring (bicyclic) bond motifs is 2. The molecule has 1 aromatic heterocycles. The highest BCUT2D eigenvalue weighted by Crippen LogP contribution is 2.45. The van der Waals surface area contributed by atoms with E-state index in [9.17, 15) is 4.79 Å². The summed E-state index contributed by atoms with van der Waals surface area (Å²) in [5, 5.41) is 4.82. The van der Waals surface area contributed by atoms with Crippen LogP contribution in [0.5, 0.6) is 0 Å². The van der Waals surface area contributed by atoms with Gasteiger partial charge >= 0.3 is 0 Å². The standard InChI is InChI=1S/C24H33N3O/c1-15(2)27-14-16-12-22-20(19-9-6-10-21(27)23(16)19)11-17(13-26(22)3)24(28)25-18-7-4-5-8-18/h6,9-10,14-15,17-18,20,22H,4-5,7-8,11-13H2,1-3H3,(H,25,28)/t17-,20-,22-/m1/s1. The third-order valence-electron chi connectivity index (χ3n) is 7.50. The van der Waals surface area contributed by atoms with Crippen molar-refractivity contribution in [2.45, 2.75) is 76.4 Å². The summed E-state index contributed by atoms with van der Waals surface area (Å²) in [5.41, 5.74) is 4.32. The molecule has 2 fully saturated rings. The molecule has 1 saturated carbocycles. The second kappa shape index (κ2) is 6.91. The largest absolute Gasteiger partial charge is 0.353 e. The molecule has 1 aliphatic heterocycles. The predicted octanol–water partition coefficient (Wildman–Crippen LogP) is 4.24. The summed E-state index contributed by atoms with van der Waals surface area (Å²) in [6.07, 6.45) is 9.30. The molecule has 0 unspecified atom stereocenters. The van der Waals surface area contributed by atoms with Crippen molar-refractivity contribution in [1.29, 1.82) is 0 Å². The van der Waals surface area contributed by atoms with Crippen molar-refractivity contribution in [3.63, 3.8) is 0 Å². The normalized spacial score (nSPS) is 28.1. The quantitative estimate of drug-likeness (QED) is 0.866. The van der Waals surface area contributed by atoms with Gasteiger partial charge in [-0.3, -0.25) is 4.79 Å². The highest BCUT2D eigenvalue weighted by molar-refractivity contribution is 5.89. The Morgan fingerprint density at radius 3 is 2.75 bits per heavy atom. The molecule has 2 aliphatic carbocycles. The molecule has 2 aromatic rings. The lowest BCUT2D eigenvalue weighted by molar-refractivity contribution is -0.128. The van der Waals surface area contributed by atoms with Gasteiger partial charge in [0, 0.05) is 47.7 Å². The van der Waals surface area contributed by atoms with Gasteiger partial charge in [0.25, 0.3) is 0 Å². The van der Waals surface area contributed by atoms with Crippen molar-refractivity contribution in [2.24, 2.45) is 5.92 Å². The van der Waals surface area contributed by atoms with Gasteiger partial charge in [-0.15, -0.1) is 0 Å². The number of nitrogens with one attached hydrogen (secondary N) is 1. The molecule has 0 spiro atoms. The maximum absolute atomic E-state index is 13.0. The number of carbonyl (C=O) groups excluding carboxylic acids is 1. The molecule has 1 saturated heterocycles. The highest BCUT2D eigenvalue weighted by Gasteiger charge is 2.42. The third-order valence-corrected chi connectivity index (χ3v) is 7.50. The molecule has 4 heteroatoms. The second-order valence-corrected chi connectivity index (χ2v) is 9.64. The Morgan fingerprint density at radius 1 is 1.21 bits per heavy atom. The summed E-state index contributed by atoms with van der Waals surface area (Å²) >= 11 is 0. The van der Waals surface area contributed by atoms with E-state index >= 15 is 0 Å². The first-order chi connectivity index (χ1) is 13.5. The van der Waals surface area contributed by atoms with E-state index in [-0.39, 0.29) is 11.8 Å². The van der Waals surface area contributed by atoms with Crippen molar-refractivity contribution in [3.05, 3.63) is 35.5 Å². The second-order valence-electron chi connectivity index (χ2n) is 9.64. The van der Waals surface area contributed by atoms with E-state index in [1.165, 1.54) is 34.9 Å². The Hall–Kier alpha value is -1.81. The third kappa shape index (κ3) is 2.88. The minimum atomic E-state index is 0.107. The fourth-order valence-electron chi connectivity index (χ4n) is 6.08. The van der Waals surface area contributed by atoms with Gasteiger partial charge < -0.3 is 14.8 Å². The Labute approximate surface area is 168 Å². The Kier molecular flexibility index (Phi) is 4.50. The molecular weight excluding hydrogens is 346 g/mol. The number of likely N-dealkylation sites (tertiary alicyclic amines) is 1. The Morgan fingerprint density at radius 2 is 2.00 bits per heavy atom. The van der Waals surface area contributed by atoms with E-state index in [1.54, 1.807) is 0 Å². The predicted molar refractivity (Wildman–Crippen MR) is 114 cm³/mol. The number of amides is 1. The van der Waals surface area contributed by atoms with E-state index < -0.39 is 0 Å². The van der Waals surface area contributed by atoms with E-state index in [0.29, 0.717) is 24.0 Å². The first-order valence-electron chi connectivity index (χ1n) is 11.2. The van der Waals surface area contributed by atoms with Crippen LogP contribution in [0.2, 0.25) is 0 Å². The summed E-state index contributed by atoms with van der Waals surface area (Å²) in [4.78, 5) is 15.5. The summed E-state index contributed by atoms with van der Waals surface area (Å²) in [6, 6.07) is 8.19. The number of nitrogens with zero attached hydrogens (tertiary/aromatic N) is 2. The summed E-state index contributed by atoms with van der Waals surface area (Å²) in [7, 11) is 2.22. The van der Waals surface area contributed by atoms with Crippen molar-refractivity contribution in [3.8, 4) is 0 Å². The van der Waals surface area contributed by atoms with Gasteiger partial charge in [-0.25, -0.2) is 0 Å². The highest BCUT2D eigenvalue weighted by atomic mass is 16.2. The summed E-state index contributed by atoms with van der Waals surface area (Å²) < 4.78 is 2.43. The van der Waals surface area contributed by atoms with Crippen LogP contribution in [0.4, 0.5) is 0 Å². The zero-order valence-corrected chi connectivity index (χ0v) is 17.4. The molecule has 1 N–H and O–H groups in total. The van der Waals surface area contributed by atoms with E-state index in [0.717, 1.165) is 32.2 Å². The maximum Gasteiger partial charge on any atom is 0.224 e. The van der Waals surface area contributed by atoms with E-state index in [4.69, 9.17) is 0 Å². The lowest BCUT2D eigenvalue weighted by Gasteiger charge is -2.45. The van der Waals surface area contributed by atoms with Crippen LogP contribution in [0.15, 0.2) is 24.4 Å². The molecule has 28 heavy (non-hydrogen) atoms. The minimum absolute atomic E-state index is 0.107. The smallest absolute Gasteiger partial charge is 0.224 e. The van der Waals surface area contributed by atoms with Crippen molar-refractivity contribution < 1.29 is 4.79 Å². The molecule has 0 bridgehead atoms. The monoisotopic (exact) mass is 379 g/mol. The van der Waals surface area contributed by atoms with Gasteiger partial charge in [0.1, 0.15) is 0 Å². The van der Waals surface area contributed by atoms with Crippen LogP contribution >= 0.6 is 0 Å². The molecule has 1 aromatic carbocycles. The number of piperidine rings is 1.